The van der Waals surface area contributed by atoms with Crippen LogP contribution in [-0.2, 0) is 9.47 Å². The fourth-order valence-corrected chi connectivity index (χ4v) is 3.49. The van der Waals surface area contributed by atoms with Crippen molar-refractivity contribution in [1.82, 2.24) is 10.6 Å². The maximum Gasteiger partial charge on any atom is 0.191 e. The van der Waals surface area contributed by atoms with Gasteiger partial charge in [-0.2, -0.15) is 11.8 Å². The maximum absolute atomic E-state index is 5.43. The lowest BCUT2D eigenvalue weighted by molar-refractivity contribution is 0.0689. The van der Waals surface area contributed by atoms with Crippen LogP contribution in [0.2, 0.25) is 0 Å². The number of methoxy groups -OCH3 is 1. The van der Waals surface area contributed by atoms with Crippen LogP contribution in [0.4, 0.5) is 0 Å². The Balaban J connectivity index is 0.00000441. The van der Waals surface area contributed by atoms with Crippen molar-refractivity contribution < 1.29 is 9.47 Å². The number of hydrogen-bond acceptors (Lipinski definition) is 4. The Labute approximate surface area is 156 Å². The second-order valence-corrected chi connectivity index (χ2v) is 7.25. The molecule has 0 saturated carbocycles. The Hall–Kier alpha value is 0.270. The molecule has 1 rings (SSSR count). The molecule has 0 aromatic rings. The number of rotatable bonds is 10. The van der Waals surface area contributed by atoms with Gasteiger partial charge in [-0.05, 0) is 38.4 Å². The third-order valence-electron chi connectivity index (χ3n) is 3.59. The maximum atomic E-state index is 5.43. The number of unbranched alkanes of at least 4 members (excludes halogenated alkanes) is 1. The van der Waals surface area contributed by atoms with Crippen molar-refractivity contribution in [2.75, 3.05) is 52.8 Å². The minimum absolute atomic E-state index is 0. The summed E-state index contributed by atoms with van der Waals surface area (Å²) >= 11 is 2.07. The molecule has 1 atom stereocenters. The lowest BCUT2D eigenvalue weighted by Crippen LogP contribution is -2.43. The molecule has 1 fully saturated rings. The van der Waals surface area contributed by atoms with Crippen molar-refractivity contribution >= 4 is 41.7 Å². The van der Waals surface area contributed by atoms with Crippen molar-refractivity contribution in [3.8, 4) is 0 Å². The average Bonchev–Trinajstić information content (AvgIpc) is 2.92. The molecule has 0 amide bonds. The van der Waals surface area contributed by atoms with Gasteiger partial charge in [0.15, 0.2) is 5.96 Å². The van der Waals surface area contributed by atoms with Gasteiger partial charge in [0.25, 0.3) is 0 Å². The molecule has 0 aromatic carbocycles. The Morgan fingerprint density at radius 1 is 1.23 bits per heavy atom. The van der Waals surface area contributed by atoms with E-state index in [2.05, 4.69) is 34.3 Å². The van der Waals surface area contributed by atoms with Gasteiger partial charge in [0, 0.05) is 38.6 Å². The van der Waals surface area contributed by atoms with Crippen LogP contribution in [0.1, 0.15) is 32.6 Å². The molecular formula is C15H32IN3O2S. The highest BCUT2D eigenvalue weighted by atomic mass is 127. The van der Waals surface area contributed by atoms with Gasteiger partial charge in [-0.1, -0.05) is 0 Å². The summed E-state index contributed by atoms with van der Waals surface area (Å²) in [6.07, 6.45) is 4.76. The molecule has 1 unspecified atom stereocenters. The van der Waals surface area contributed by atoms with E-state index in [0.29, 0.717) is 18.0 Å². The van der Waals surface area contributed by atoms with Gasteiger partial charge in [-0.15, -0.1) is 24.0 Å². The van der Waals surface area contributed by atoms with Crippen LogP contribution >= 0.6 is 35.7 Å². The van der Waals surface area contributed by atoms with Gasteiger partial charge in [0.1, 0.15) is 0 Å². The molecule has 0 spiro atoms. The molecule has 1 aliphatic heterocycles. The van der Waals surface area contributed by atoms with Crippen LogP contribution in [0.3, 0.4) is 0 Å². The molecule has 1 saturated heterocycles. The number of halogens is 1. The van der Waals surface area contributed by atoms with Crippen molar-refractivity contribution in [2.45, 2.75) is 37.4 Å². The first kappa shape index (κ1) is 22.3. The highest BCUT2D eigenvalue weighted by Gasteiger charge is 2.29. The van der Waals surface area contributed by atoms with Crippen LogP contribution < -0.4 is 10.6 Å². The monoisotopic (exact) mass is 445 g/mol. The van der Waals surface area contributed by atoms with Crippen LogP contribution in [0, 0.1) is 0 Å². The minimum Gasteiger partial charge on any atom is -0.382 e. The fourth-order valence-electron chi connectivity index (χ4n) is 2.25. The summed E-state index contributed by atoms with van der Waals surface area (Å²) in [6.45, 7) is 6.40. The Morgan fingerprint density at radius 2 is 2.05 bits per heavy atom. The molecule has 5 nitrogen and oxygen atoms in total. The van der Waals surface area contributed by atoms with Crippen LogP contribution in [0.5, 0.6) is 0 Å². The fraction of sp³-hybridized carbons (Fsp3) is 0.933. The van der Waals surface area contributed by atoms with Gasteiger partial charge < -0.3 is 20.1 Å². The summed E-state index contributed by atoms with van der Waals surface area (Å²) in [5.41, 5.74) is 0. The second-order valence-electron chi connectivity index (χ2n) is 5.57. The third-order valence-corrected chi connectivity index (χ3v) is 5.13. The van der Waals surface area contributed by atoms with Crippen LogP contribution in [0.15, 0.2) is 4.99 Å². The lowest BCUT2D eigenvalue weighted by Gasteiger charge is -2.24. The SMILES string of the molecule is CN=C(NCCCCOCCOC)NCC1(C)CCCS1.I. The first-order valence-corrected chi connectivity index (χ1v) is 8.84. The van der Waals surface area contributed by atoms with E-state index in [1.807, 2.05) is 7.05 Å². The molecule has 22 heavy (non-hydrogen) atoms. The molecule has 0 bridgehead atoms. The Morgan fingerprint density at radius 3 is 2.68 bits per heavy atom. The average molecular weight is 445 g/mol. The van der Waals surface area contributed by atoms with Crippen molar-refractivity contribution in [2.24, 2.45) is 4.99 Å². The van der Waals surface area contributed by atoms with Crippen LogP contribution in [0.25, 0.3) is 0 Å². The van der Waals surface area contributed by atoms with E-state index >= 15 is 0 Å². The molecule has 7 heteroatoms. The summed E-state index contributed by atoms with van der Waals surface area (Å²) < 4.78 is 10.7. The number of thioether (sulfide) groups is 1. The number of nitrogens with one attached hydrogen (secondary N) is 2. The molecule has 2 N–H and O–H groups in total. The largest absolute Gasteiger partial charge is 0.382 e. The number of nitrogens with zero attached hydrogens (tertiary/aromatic N) is 1. The zero-order valence-corrected chi connectivity index (χ0v) is 17.3. The van der Waals surface area contributed by atoms with Crippen molar-refractivity contribution in [3.05, 3.63) is 0 Å². The van der Waals surface area contributed by atoms with Crippen molar-refractivity contribution in [1.29, 1.82) is 0 Å². The van der Waals surface area contributed by atoms with E-state index in [4.69, 9.17) is 9.47 Å². The number of aliphatic imine (C=N–C) groups is 1. The predicted molar refractivity (Wildman–Crippen MR) is 107 cm³/mol. The third kappa shape index (κ3) is 10.1. The second kappa shape index (κ2) is 13.7. The van der Waals surface area contributed by atoms with Gasteiger partial charge in [0.05, 0.1) is 13.2 Å². The van der Waals surface area contributed by atoms with E-state index in [0.717, 1.165) is 38.5 Å². The first-order chi connectivity index (χ1) is 10.2. The van der Waals surface area contributed by atoms with E-state index < -0.39 is 0 Å². The Kier molecular flexibility index (Phi) is 13.9. The van der Waals surface area contributed by atoms with Gasteiger partial charge >= 0.3 is 0 Å². The highest BCUT2D eigenvalue weighted by Crippen LogP contribution is 2.36. The summed E-state index contributed by atoms with van der Waals surface area (Å²) in [6, 6.07) is 0. The molecule has 132 valence electrons. The summed E-state index contributed by atoms with van der Waals surface area (Å²) in [5, 5.41) is 6.80. The van der Waals surface area contributed by atoms with E-state index in [1.165, 1.54) is 18.6 Å². The standard InChI is InChI=1S/C15H31N3O2S.HI/c1-15(7-6-12-21-15)13-18-14(16-2)17-8-4-5-9-20-11-10-19-3;/h4-13H2,1-3H3,(H2,16,17,18);1H. The van der Waals surface area contributed by atoms with Gasteiger partial charge in [0.2, 0.25) is 0 Å². The van der Waals surface area contributed by atoms with Crippen LogP contribution in [-0.4, -0.2) is 63.5 Å². The molecule has 1 aliphatic rings. The molecular weight excluding hydrogens is 413 g/mol. The predicted octanol–water partition coefficient (Wildman–Crippen LogP) is 2.50. The topological polar surface area (TPSA) is 54.9 Å². The summed E-state index contributed by atoms with van der Waals surface area (Å²) in [4.78, 5) is 4.28. The molecule has 1 heterocycles. The number of guanidine groups is 1. The number of hydrogen-bond donors (Lipinski definition) is 2. The van der Waals surface area contributed by atoms with Gasteiger partial charge in [-0.25, -0.2) is 0 Å². The summed E-state index contributed by atoms with van der Waals surface area (Å²) in [5.74, 6) is 2.19. The molecule has 0 aromatic heterocycles. The smallest absolute Gasteiger partial charge is 0.191 e. The molecule has 0 radical (unpaired) electrons. The summed E-state index contributed by atoms with van der Waals surface area (Å²) in [7, 11) is 3.52. The van der Waals surface area contributed by atoms with E-state index in [9.17, 15) is 0 Å². The zero-order valence-electron chi connectivity index (χ0n) is 14.2. The van der Waals surface area contributed by atoms with Crippen molar-refractivity contribution in [3.63, 3.8) is 0 Å². The van der Waals surface area contributed by atoms with E-state index in [-0.39, 0.29) is 24.0 Å². The normalized spacial score (nSPS) is 21.5. The highest BCUT2D eigenvalue weighted by molar-refractivity contribution is 14.0. The Bertz CT molecular complexity index is 301. The first-order valence-electron chi connectivity index (χ1n) is 7.85. The van der Waals surface area contributed by atoms with E-state index in [1.54, 1.807) is 7.11 Å². The molecule has 0 aliphatic carbocycles. The number of ether oxygens (including phenoxy) is 2. The lowest BCUT2D eigenvalue weighted by atomic mass is 10.1. The quantitative estimate of drug-likeness (QED) is 0.234. The zero-order chi connectivity index (χ0) is 15.4. The van der Waals surface area contributed by atoms with Gasteiger partial charge in [-0.3, -0.25) is 4.99 Å². The minimum atomic E-state index is 0.